The van der Waals surface area contributed by atoms with Gasteiger partial charge in [0.2, 0.25) is 0 Å². The van der Waals surface area contributed by atoms with Crippen molar-refractivity contribution >= 4 is 0 Å². The van der Waals surface area contributed by atoms with E-state index in [4.69, 9.17) is 4.74 Å². The number of hydrogen-bond acceptors (Lipinski definition) is 1. The molecule has 2 atom stereocenters. The third-order valence-electron chi connectivity index (χ3n) is 1.26. The molecule has 0 bridgehead atoms. The predicted molar refractivity (Wildman–Crippen MR) is 29.5 cm³/mol. The van der Waals surface area contributed by atoms with Crippen molar-refractivity contribution in [1.82, 2.24) is 0 Å². The average Bonchev–Trinajstić information content (AvgIpc) is 1.64. The molecule has 0 unspecified atom stereocenters. The normalized spacial score (nSPS) is 40.8. The molecule has 2 heteroatoms. The Bertz CT molecular complexity index is 66.9. The molecule has 1 saturated heterocycles. The SMILES string of the molecule is C[C@@H]1OCC[C@H](C)[I-]1. The van der Waals surface area contributed by atoms with Crippen molar-refractivity contribution in [1.29, 1.82) is 0 Å². The molecule has 1 rings (SSSR count). The van der Waals surface area contributed by atoms with Gasteiger partial charge in [0.25, 0.3) is 0 Å². The molecule has 1 nitrogen and oxygen atoms in total. The molecule has 1 fully saturated rings. The zero-order valence-corrected chi connectivity index (χ0v) is 7.51. The molecule has 1 aliphatic heterocycles. The molecule has 0 radical (unpaired) electrons. The fourth-order valence-electron chi connectivity index (χ4n) is 0.795. The summed E-state index contributed by atoms with van der Waals surface area (Å²) in [5, 5.41) is 0. The first-order chi connectivity index (χ1) is 3.79. The topological polar surface area (TPSA) is 9.23 Å². The standard InChI is InChI=1S/C6H12IO/c1-5-3-4-8-6(2)7-5/h5-6H,3-4H2,1-2H3/q-1/t5-,6-/m0/s1. The molecule has 0 aromatic rings. The maximum atomic E-state index is 5.40. The Balaban J connectivity index is 2.23. The molecule has 1 heterocycles. The quantitative estimate of drug-likeness (QED) is 0.351. The fraction of sp³-hybridized carbons (Fsp3) is 1.00. The van der Waals surface area contributed by atoms with Crippen molar-refractivity contribution in [3.05, 3.63) is 0 Å². The third kappa shape index (κ3) is 1.90. The Kier molecular flexibility index (Phi) is 2.56. The van der Waals surface area contributed by atoms with Crippen LogP contribution in [0, 0.1) is 0 Å². The number of ether oxygens (including phenoxy) is 1. The van der Waals surface area contributed by atoms with Gasteiger partial charge in [-0.1, -0.05) is 0 Å². The van der Waals surface area contributed by atoms with Crippen LogP contribution in [-0.4, -0.2) is 14.6 Å². The second-order valence-electron chi connectivity index (χ2n) is 2.11. The Morgan fingerprint density at radius 3 is 2.62 bits per heavy atom. The van der Waals surface area contributed by atoms with Gasteiger partial charge in [0.1, 0.15) is 0 Å². The van der Waals surface area contributed by atoms with Gasteiger partial charge in [0.05, 0.1) is 0 Å². The van der Waals surface area contributed by atoms with Crippen LogP contribution in [0.2, 0.25) is 0 Å². The van der Waals surface area contributed by atoms with Gasteiger partial charge in [0.15, 0.2) is 0 Å². The van der Waals surface area contributed by atoms with Crippen LogP contribution in [0.4, 0.5) is 0 Å². The monoisotopic (exact) mass is 227 g/mol. The number of rotatable bonds is 0. The molecule has 50 valence electrons. The first-order valence-electron chi connectivity index (χ1n) is 3.02. The first-order valence-corrected chi connectivity index (χ1v) is 5.52. The Labute approximate surface area is 61.1 Å². The van der Waals surface area contributed by atoms with E-state index < -0.39 is 0 Å². The van der Waals surface area contributed by atoms with Crippen LogP contribution in [0.25, 0.3) is 0 Å². The van der Waals surface area contributed by atoms with Gasteiger partial charge in [-0.2, -0.15) is 0 Å². The number of halogens is 1. The minimum atomic E-state index is 0.367. The first kappa shape index (κ1) is 6.81. The average molecular weight is 227 g/mol. The van der Waals surface area contributed by atoms with Crippen molar-refractivity contribution in [2.24, 2.45) is 0 Å². The van der Waals surface area contributed by atoms with Gasteiger partial charge in [-0.05, 0) is 0 Å². The molecule has 0 spiro atoms. The van der Waals surface area contributed by atoms with Crippen LogP contribution >= 0.6 is 0 Å². The second kappa shape index (κ2) is 3.01. The van der Waals surface area contributed by atoms with Gasteiger partial charge in [0, 0.05) is 0 Å². The predicted octanol–water partition coefficient (Wildman–Crippen LogP) is -1.77. The van der Waals surface area contributed by atoms with E-state index in [1.165, 1.54) is 6.42 Å². The summed E-state index contributed by atoms with van der Waals surface area (Å²) in [5.41, 5.74) is 0. The summed E-state index contributed by atoms with van der Waals surface area (Å²) in [6, 6.07) is 0. The van der Waals surface area contributed by atoms with E-state index in [0.29, 0.717) is 25.3 Å². The molecule has 0 aromatic heterocycles. The summed E-state index contributed by atoms with van der Waals surface area (Å²) in [6.07, 6.45) is 1.30. The third-order valence-corrected chi connectivity index (χ3v) is 4.48. The maximum absolute atomic E-state index is 5.40. The van der Waals surface area contributed by atoms with Crippen molar-refractivity contribution in [2.45, 2.75) is 28.3 Å². The van der Waals surface area contributed by atoms with Crippen LogP contribution in [-0.2, 0) is 4.74 Å². The minimum absolute atomic E-state index is 0.367. The van der Waals surface area contributed by atoms with E-state index in [1.54, 1.807) is 0 Å². The van der Waals surface area contributed by atoms with Gasteiger partial charge in [-0.25, -0.2) is 0 Å². The van der Waals surface area contributed by atoms with Crippen LogP contribution in [0.15, 0.2) is 0 Å². The molecule has 0 aromatic carbocycles. The van der Waals surface area contributed by atoms with E-state index in [9.17, 15) is 0 Å². The van der Waals surface area contributed by atoms with Gasteiger partial charge in [-0.3, -0.25) is 0 Å². The van der Waals surface area contributed by atoms with Gasteiger partial charge in [-0.15, -0.1) is 0 Å². The Morgan fingerprint density at radius 2 is 2.25 bits per heavy atom. The van der Waals surface area contributed by atoms with Crippen molar-refractivity contribution in [3.8, 4) is 0 Å². The van der Waals surface area contributed by atoms with E-state index in [0.717, 1.165) is 10.5 Å². The Hall–Kier alpha value is 0.690. The van der Waals surface area contributed by atoms with Crippen LogP contribution in [0.5, 0.6) is 0 Å². The summed E-state index contributed by atoms with van der Waals surface area (Å²) in [7, 11) is 0. The van der Waals surface area contributed by atoms with Crippen molar-refractivity contribution in [2.75, 3.05) is 6.61 Å². The molecular weight excluding hydrogens is 215 g/mol. The van der Waals surface area contributed by atoms with E-state index >= 15 is 0 Å². The van der Waals surface area contributed by atoms with Crippen LogP contribution in [0.3, 0.4) is 0 Å². The van der Waals surface area contributed by atoms with E-state index in [-0.39, 0.29) is 0 Å². The molecule has 0 N–H and O–H groups in total. The van der Waals surface area contributed by atoms with E-state index in [2.05, 4.69) is 13.8 Å². The summed E-state index contributed by atoms with van der Waals surface area (Å²) in [4.78, 5) is 0. The fourth-order valence-corrected chi connectivity index (χ4v) is 3.60. The zero-order chi connectivity index (χ0) is 5.98. The molecule has 0 aliphatic carbocycles. The Morgan fingerprint density at radius 1 is 1.50 bits per heavy atom. The second-order valence-corrected chi connectivity index (χ2v) is 6.71. The summed E-state index contributed by atoms with van der Waals surface area (Å²) < 4.78 is 7.02. The summed E-state index contributed by atoms with van der Waals surface area (Å²) >= 11 is 0.367. The molecule has 1 aliphatic rings. The van der Waals surface area contributed by atoms with E-state index in [1.807, 2.05) is 0 Å². The number of hydrogen-bond donors (Lipinski definition) is 0. The van der Waals surface area contributed by atoms with Crippen LogP contribution < -0.4 is 21.2 Å². The summed E-state index contributed by atoms with van der Waals surface area (Å²) in [5.74, 6) is 0. The van der Waals surface area contributed by atoms with Gasteiger partial charge >= 0.3 is 60.9 Å². The van der Waals surface area contributed by atoms with Crippen LogP contribution in [0.1, 0.15) is 20.3 Å². The van der Waals surface area contributed by atoms with Crippen molar-refractivity contribution in [3.63, 3.8) is 0 Å². The molecule has 0 saturated carbocycles. The molecule has 8 heavy (non-hydrogen) atoms. The van der Waals surface area contributed by atoms with Gasteiger partial charge < -0.3 is 0 Å². The molecular formula is C6H12IO-. The zero-order valence-electron chi connectivity index (χ0n) is 5.36. The van der Waals surface area contributed by atoms with Crippen molar-refractivity contribution < 1.29 is 25.9 Å². The number of alkyl halides is 2. The molecule has 0 amide bonds. The summed E-state index contributed by atoms with van der Waals surface area (Å²) in [6.45, 7) is 5.54.